The van der Waals surface area contributed by atoms with Crippen LogP contribution in [0, 0.1) is 5.92 Å². The Bertz CT molecular complexity index is 260. The number of carboxylic acid groups (broad SMARTS) is 1. The van der Waals surface area contributed by atoms with Gasteiger partial charge in [0.15, 0.2) is 0 Å². The van der Waals surface area contributed by atoms with E-state index in [-0.39, 0.29) is 31.7 Å². The van der Waals surface area contributed by atoms with Crippen molar-refractivity contribution in [2.75, 3.05) is 13.7 Å². The van der Waals surface area contributed by atoms with Gasteiger partial charge in [-0.3, -0.25) is 14.4 Å². The van der Waals surface area contributed by atoms with Crippen molar-refractivity contribution in [1.29, 1.82) is 0 Å². The zero-order valence-electron chi connectivity index (χ0n) is 11.5. The highest BCUT2D eigenvalue weighted by molar-refractivity contribution is 5.82. The Labute approximate surface area is 108 Å². The number of carbonyl (C=O) groups is 3. The van der Waals surface area contributed by atoms with Crippen LogP contribution in [0.5, 0.6) is 0 Å². The van der Waals surface area contributed by atoms with Crippen LogP contribution in [0.3, 0.4) is 0 Å². The smallest absolute Gasteiger partial charge is 0.325 e. The molecule has 106 valence electrons. The number of rotatable bonds is 6. The van der Waals surface area contributed by atoms with E-state index >= 15 is 0 Å². The summed E-state index contributed by atoms with van der Waals surface area (Å²) < 4.78 is 4.30. The number of amides is 1. The average Bonchev–Trinajstić information content (AvgIpc) is 2.24. The van der Waals surface area contributed by atoms with Crippen molar-refractivity contribution in [2.24, 2.45) is 5.92 Å². The van der Waals surface area contributed by atoms with E-state index in [9.17, 15) is 14.4 Å². The number of nitrogens with one attached hydrogen (secondary N) is 1. The van der Waals surface area contributed by atoms with Crippen LogP contribution in [0.15, 0.2) is 0 Å². The highest BCUT2D eigenvalue weighted by Gasteiger charge is 2.05. The van der Waals surface area contributed by atoms with Gasteiger partial charge in [0.25, 0.3) is 0 Å². The zero-order chi connectivity index (χ0) is 14.6. The van der Waals surface area contributed by atoms with E-state index in [2.05, 4.69) is 30.8 Å². The van der Waals surface area contributed by atoms with Crippen molar-refractivity contribution in [3.8, 4) is 0 Å². The minimum absolute atomic E-state index is 0.0500. The fourth-order valence-electron chi connectivity index (χ4n) is 0.731. The second-order valence-electron chi connectivity index (χ2n) is 4.33. The van der Waals surface area contributed by atoms with Gasteiger partial charge in [-0.1, -0.05) is 20.8 Å². The van der Waals surface area contributed by atoms with Crippen molar-refractivity contribution in [2.45, 2.75) is 40.0 Å². The number of hydrogen-bond acceptors (Lipinski definition) is 4. The lowest BCUT2D eigenvalue weighted by atomic mass is 10.2. The van der Waals surface area contributed by atoms with Crippen LogP contribution < -0.4 is 5.32 Å². The summed E-state index contributed by atoms with van der Waals surface area (Å²) in [6.45, 7) is 6.32. The Kier molecular flexibility index (Phi) is 12.4. The Morgan fingerprint density at radius 3 is 2.06 bits per heavy atom. The van der Waals surface area contributed by atoms with E-state index in [0.29, 0.717) is 0 Å². The molecule has 0 saturated carbocycles. The summed E-state index contributed by atoms with van der Waals surface area (Å²) in [4.78, 5) is 31.6. The molecule has 0 heterocycles. The summed E-state index contributed by atoms with van der Waals surface area (Å²) in [5.41, 5.74) is 0. The molecule has 0 aliphatic carbocycles. The molecule has 0 aromatic heterocycles. The third-order valence-electron chi connectivity index (χ3n) is 1.45. The van der Waals surface area contributed by atoms with Crippen LogP contribution in [0.25, 0.3) is 0 Å². The molecule has 0 aromatic carbocycles. The monoisotopic (exact) mass is 261 g/mol. The Morgan fingerprint density at radius 2 is 1.67 bits per heavy atom. The summed E-state index contributed by atoms with van der Waals surface area (Å²) >= 11 is 0. The molecular formula is C12H23NO5. The standard InChI is InChI=1S/C8H13NO5.C4H10/c1-14-8(13)5-9-6(10)3-2-4-7(11)12;1-4(2)3/h2-5H2,1H3,(H,9,10)(H,11,12);4H,1-3H3. The summed E-state index contributed by atoms with van der Waals surface area (Å²) in [5, 5.41) is 10.6. The first-order valence-corrected chi connectivity index (χ1v) is 5.84. The van der Waals surface area contributed by atoms with Crippen molar-refractivity contribution in [3.63, 3.8) is 0 Å². The van der Waals surface area contributed by atoms with Gasteiger partial charge < -0.3 is 15.2 Å². The summed E-state index contributed by atoms with van der Waals surface area (Å²) in [6.07, 6.45) is 0.317. The van der Waals surface area contributed by atoms with E-state index in [1.807, 2.05) is 0 Å². The lowest BCUT2D eigenvalue weighted by Crippen LogP contribution is -2.29. The van der Waals surface area contributed by atoms with Crippen LogP contribution in [0.1, 0.15) is 40.0 Å². The summed E-state index contributed by atoms with van der Waals surface area (Å²) in [6, 6.07) is 0. The van der Waals surface area contributed by atoms with E-state index in [1.165, 1.54) is 7.11 Å². The second-order valence-corrected chi connectivity index (χ2v) is 4.33. The third-order valence-corrected chi connectivity index (χ3v) is 1.45. The molecule has 0 aromatic rings. The molecule has 0 unspecified atom stereocenters. The number of ether oxygens (including phenoxy) is 1. The number of esters is 1. The molecule has 0 saturated heterocycles. The van der Waals surface area contributed by atoms with Gasteiger partial charge in [0.1, 0.15) is 6.54 Å². The molecule has 6 nitrogen and oxygen atoms in total. The summed E-state index contributed by atoms with van der Waals surface area (Å²) in [5.74, 6) is -0.987. The van der Waals surface area contributed by atoms with Gasteiger partial charge in [-0.15, -0.1) is 0 Å². The SMILES string of the molecule is CC(C)C.COC(=O)CNC(=O)CCCC(=O)O. The number of carboxylic acids is 1. The molecule has 0 spiro atoms. The third kappa shape index (κ3) is 19.9. The minimum Gasteiger partial charge on any atom is -0.481 e. The number of methoxy groups -OCH3 is 1. The van der Waals surface area contributed by atoms with E-state index < -0.39 is 11.9 Å². The van der Waals surface area contributed by atoms with Crippen LogP contribution in [-0.4, -0.2) is 36.6 Å². The highest BCUT2D eigenvalue weighted by Crippen LogP contribution is 1.94. The van der Waals surface area contributed by atoms with Crippen LogP contribution >= 0.6 is 0 Å². The zero-order valence-corrected chi connectivity index (χ0v) is 11.5. The second kappa shape index (κ2) is 11.9. The molecule has 0 fully saturated rings. The van der Waals surface area contributed by atoms with Gasteiger partial charge in [0, 0.05) is 12.8 Å². The largest absolute Gasteiger partial charge is 0.481 e. The van der Waals surface area contributed by atoms with Crippen LogP contribution in [-0.2, 0) is 19.1 Å². The van der Waals surface area contributed by atoms with Gasteiger partial charge in [-0.25, -0.2) is 0 Å². The molecule has 0 radical (unpaired) electrons. The lowest BCUT2D eigenvalue weighted by molar-refractivity contribution is -0.141. The van der Waals surface area contributed by atoms with Crippen molar-refractivity contribution in [3.05, 3.63) is 0 Å². The van der Waals surface area contributed by atoms with Gasteiger partial charge in [-0.2, -0.15) is 0 Å². The number of hydrogen-bond donors (Lipinski definition) is 2. The molecule has 2 N–H and O–H groups in total. The van der Waals surface area contributed by atoms with E-state index in [0.717, 1.165) is 5.92 Å². The van der Waals surface area contributed by atoms with Crippen LogP contribution in [0.2, 0.25) is 0 Å². The fraction of sp³-hybridized carbons (Fsp3) is 0.750. The average molecular weight is 261 g/mol. The first-order valence-electron chi connectivity index (χ1n) is 5.84. The van der Waals surface area contributed by atoms with E-state index in [1.54, 1.807) is 0 Å². The van der Waals surface area contributed by atoms with Crippen molar-refractivity contribution < 1.29 is 24.2 Å². The Hall–Kier alpha value is -1.59. The van der Waals surface area contributed by atoms with Crippen molar-refractivity contribution >= 4 is 17.8 Å². The Balaban J connectivity index is 0. The van der Waals surface area contributed by atoms with Gasteiger partial charge in [0.2, 0.25) is 5.91 Å². The molecular weight excluding hydrogens is 238 g/mol. The predicted molar refractivity (Wildman–Crippen MR) is 67.0 cm³/mol. The van der Waals surface area contributed by atoms with Gasteiger partial charge >= 0.3 is 11.9 Å². The lowest BCUT2D eigenvalue weighted by Gasteiger charge is -2.02. The van der Waals surface area contributed by atoms with Crippen molar-refractivity contribution in [1.82, 2.24) is 5.32 Å². The maximum atomic E-state index is 10.9. The Morgan fingerprint density at radius 1 is 1.17 bits per heavy atom. The number of carbonyl (C=O) groups excluding carboxylic acids is 2. The van der Waals surface area contributed by atoms with E-state index in [4.69, 9.17) is 5.11 Å². The summed E-state index contributed by atoms with van der Waals surface area (Å²) in [7, 11) is 1.22. The topological polar surface area (TPSA) is 92.7 Å². The molecule has 18 heavy (non-hydrogen) atoms. The molecule has 0 bridgehead atoms. The quantitative estimate of drug-likeness (QED) is 0.701. The molecule has 0 rings (SSSR count). The molecule has 0 atom stereocenters. The van der Waals surface area contributed by atoms with Crippen LogP contribution in [0.4, 0.5) is 0 Å². The maximum absolute atomic E-state index is 10.9. The highest BCUT2D eigenvalue weighted by atomic mass is 16.5. The number of aliphatic carboxylic acids is 1. The fourth-order valence-corrected chi connectivity index (χ4v) is 0.731. The van der Waals surface area contributed by atoms with Gasteiger partial charge in [-0.05, 0) is 12.3 Å². The normalized spacial score (nSPS) is 9.17. The molecule has 1 amide bonds. The molecule has 6 heteroatoms. The molecule has 0 aliphatic rings. The minimum atomic E-state index is -0.939. The predicted octanol–water partition coefficient (Wildman–Crippen LogP) is 1.19. The first-order chi connectivity index (χ1) is 8.29. The maximum Gasteiger partial charge on any atom is 0.325 e. The molecule has 0 aliphatic heterocycles. The first kappa shape index (κ1) is 18.8. The van der Waals surface area contributed by atoms with Gasteiger partial charge in [0.05, 0.1) is 7.11 Å².